The van der Waals surface area contributed by atoms with Gasteiger partial charge in [0.05, 0.1) is 6.20 Å². The third-order valence-corrected chi connectivity index (χ3v) is 4.15. The Balaban J connectivity index is 1.49. The van der Waals surface area contributed by atoms with Crippen molar-refractivity contribution in [3.63, 3.8) is 0 Å². The van der Waals surface area contributed by atoms with Gasteiger partial charge in [-0.1, -0.05) is 24.3 Å². The first kappa shape index (κ1) is 14.6. The van der Waals surface area contributed by atoms with E-state index in [9.17, 15) is 4.79 Å². The molecular formula is C19H17N3O2. The molecule has 0 radical (unpaired) electrons. The average molecular weight is 319 g/mol. The monoisotopic (exact) mass is 319 g/mol. The lowest BCUT2D eigenvalue weighted by atomic mass is 10.1. The molecule has 0 spiro atoms. The molecule has 5 heteroatoms. The van der Waals surface area contributed by atoms with E-state index in [1.165, 1.54) is 18.4 Å². The molecule has 4 rings (SSSR count). The number of rotatable bonds is 6. The molecule has 0 N–H and O–H groups in total. The second kappa shape index (κ2) is 6.28. The standard InChI is InChI=1S/C19H17N3O2/c23-12-15-7-9-20-18(11-15)22-19(8-10-21-22)24-13-14-1-3-16(4-2-14)17-5-6-17/h1-4,7-12,17H,5-6,13H2. The third-order valence-electron chi connectivity index (χ3n) is 4.15. The first-order valence-corrected chi connectivity index (χ1v) is 8.01. The zero-order chi connectivity index (χ0) is 16.4. The highest BCUT2D eigenvalue weighted by Crippen LogP contribution is 2.39. The summed E-state index contributed by atoms with van der Waals surface area (Å²) in [6, 6.07) is 13.7. The van der Waals surface area contributed by atoms with Crippen molar-refractivity contribution in [3.8, 4) is 11.7 Å². The van der Waals surface area contributed by atoms with E-state index in [-0.39, 0.29) is 0 Å². The fourth-order valence-electron chi connectivity index (χ4n) is 2.66. The maximum atomic E-state index is 10.9. The predicted octanol–water partition coefficient (Wildman–Crippen LogP) is 3.54. The van der Waals surface area contributed by atoms with Crippen LogP contribution in [0.25, 0.3) is 5.82 Å². The maximum absolute atomic E-state index is 10.9. The van der Waals surface area contributed by atoms with Crippen LogP contribution in [0.3, 0.4) is 0 Å². The molecule has 1 aliphatic rings. The van der Waals surface area contributed by atoms with Gasteiger partial charge in [-0.3, -0.25) is 4.79 Å². The smallest absolute Gasteiger partial charge is 0.218 e. The Hall–Kier alpha value is -2.95. The number of pyridine rings is 1. The number of benzene rings is 1. The minimum Gasteiger partial charge on any atom is -0.473 e. The van der Waals surface area contributed by atoms with Crippen LogP contribution >= 0.6 is 0 Å². The van der Waals surface area contributed by atoms with Gasteiger partial charge in [0.1, 0.15) is 12.9 Å². The van der Waals surface area contributed by atoms with Gasteiger partial charge < -0.3 is 4.74 Å². The minimum absolute atomic E-state index is 0.462. The van der Waals surface area contributed by atoms with Crippen molar-refractivity contribution < 1.29 is 9.53 Å². The number of ether oxygens (including phenoxy) is 1. The van der Waals surface area contributed by atoms with Crippen molar-refractivity contribution in [2.75, 3.05) is 0 Å². The molecule has 1 aromatic carbocycles. The normalized spacial score (nSPS) is 13.7. The van der Waals surface area contributed by atoms with Gasteiger partial charge in [-0.2, -0.15) is 9.78 Å². The van der Waals surface area contributed by atoms with Crippen LogP contribution in [0.4, 0.5) is 0 Å². The first-order chi connectivity index (χ1) is 11.8. The number of hydrogen-bond donors (Lipinski definition) is 0. The van der Waals surface area contributed by atoms with Gasteiger partial charge >= 0.3 is 0 Å². The van der Waals surface area contributed by atoms with Gasteiger partial charge in [-0.05, 0) is 42.0 Å². The fourth-order valence-corrected chi connectivity index (χ4v) is 2.66. The van der Waals surface area contributed by atoms with E-state index in [1.807, 2.05) is 0 Å². The molecule has 0 amide bonds. The Labute approximate surface area is 139 Å². The number of nitrogens with zero attached hydrogens (tertiary/aromatic N) is 3. The number of hydrogen-bond acceptors (Lipinski definition) is 4. The predicted molar refractivity (Wildman–Crippen MR) is 89.5 cm³/mol. The summed E-state index contributed by atoms with van der Waals surface area (Å²) < 4.78 is 7.47. The summed E-state index contributed by atoms with van der Waals surface area (Å²) in [5.41, 5.74) is 3.08. The summed E-state index contributed by atoms with van der Waals surface area (Å²) in [4.78, 5) is 15.2. The van der Waals surface area contributed by atoms with E-state index < -0.39 is 0 Å². The van der Waals surface area contributed by atoms with Crippen LogP contribution in [-0.2, 0) is 6.61 Å². The van der Waals surface area contributed by atoms with Gasteiger partial charge in [0, 0.05) is 17.8 Å². The van der Waals surface area contributed by atoms with Crippen molar-refractivity contribution in [3.05, 3.63) is 71.5 Å². The van der Waals surface area contributed by atoms with Gasteiger partial charge in [0.15, 0.2) is 5.82 Å². The van der Waals surface area contributed by atoms with Crippen LogP contribution in [0, 0.1) is 0 Å². The minimum atomic E-state index is 0.462. The molecule has 3 aromatic rings. The Morgan fingerprint density at radius 1 is 1.12 bits per heavy atom. The van der Waals surface area contributed by atoms with Gasteiger partial charge in [0.25, 0.3) is 0 Å². The van der Waals surface area contributed by atoms with E-state index in [0.717, 1.165) is 17.8 Å². The van der Waals surface area contributed by atoms with E-state index >= 15 is 0 Å². The summed E-state index contributed by atoms with van der Waals surface area (Å²) >= 11 is 0. The van der Waals surface area contributed by atoms with Crippen molar-refractivity contribution in [1.82, 2.24) is 14.8 Å². The summed E-state index contributed by atoms with van der Waals surface area (Å²) in [6.45, 7) is 0.462. The van der Waals surface area contributed by atoms with E-state index in [2.05, 4.69) is 34.3 Å². The van der Waals surface area contributed by atoms with Crippen LogP contribution in [0.5, 0.6) is 5.88 Å². The number of aromatic nitrogens is 3. The van der Waals surface area contributed by atoms with Crippen LogP contribution in [0.1, 0.15) is 40.2 Å². The Bertz CT molecular complexity index is 851. The molecule has 24 heavy (non-hydrogen) atoms. The third kappa shape index (κ3) is 3.06. The molecule has 0 aliphatic heterocycles. The second-order valence-corrected chi connectivity index (χ2v) is 5.95. The quantitative estimate of drug-likeness (QED) is 0.652. The zero-order valence-electron chi connectivity index (χ0n) is 13.1. The van der Waals surface area contributed by atoms with E-state index in [1.54, 1.807) is 35.3 Å². The summed E-state index contributed by atoms with van der Waals surface area (Å²) in [7, 11) is 0. The molecule has 0 unspecified atom stereocenters. The summed E-state index contributed by atoms with van der Waals surface area (Å²) in [5, 5.41) is 4.23. The fraction of sp³-hybridized carbons (Fsp3) is 0.211. The molecule has 2 heterocycles. The highest BCUT2D eigenvalue weighted by Gasteiger charge is 2.22. The average Bonchev–Trinajstić information content (AvgIpc) is 3.38. The van der Waals surface area contributed by atoms with Crippen molar-refractivity contribution in [1.29, 1.82) is 0 Å². The molecule has 5 nitrogen and oxygen atoms in total. The molecule has 0 atom stereocenters. The second-order valence-electron chi connectivity index (χ2n) is 5.95. The summed E-state index contributed by atoms with van der Waals surface area (Å²) in [6.07, 6.45) is 6.64. The van der Waals surface area contributed by atoms with Crippen LogP contribution in [0.2, 0.25) is 0 Å². The molecule has 1 aliphatic carbocycles. The highest BCUT2D eigenvalue weighted by atomic mass is 16.5. The van der Waals surface area contributed by atoms with E-state index in [0.29, 0.717) is 23.9 Å². The Kier molecular flexibility index (Phi) is 3.83. The van der Waals surface area contributed by atoms with Gasteiger partial charge in [0.2, 0.25) is 5.88 Å². The molecular weight excluding hydrogens is 302 g/mol. The van der Waals surface area contributed by atoms with E-state index in [4.69, 9.17) is 4.74 Å². The van der Waals surface area contributed by atoms with Crippen molar-refractivity contribution in [2.24, 2.45) is 0 Å². The molecule has 2 aromatic heterocycles. The number of carbonyl (C=O) groups is 1. The van der Waals surface area contributed by atoms with Gasteiger partial charge in [-0.25, -0.2) is 4.98 Å². The topological polar surface area (TPSA) is 57.0 Å². The molecule has 0 saturated heterocycles. The molecule has 120 valence electrons. The lowest BCUT2D eigenvalue weighted by Gasteiger charge is -2.09. The van der Waals surface area contributed by atoms with Crippen LogP contribution in [-0.4, -0.2) is 21.1 Å². The molecule has 1 saturated carbocycles. The molecule has 0 bridgehead atoms. The van der Waals surface area contributed by atoms with Gasteiger partial charge in [-0.15, -0.1) is 0 Å². The highest BCUT2D eigenvalue weighted by molar-refractivity contribution is 5.75. The van der Waals surface area contributed by atoms with Crippen molar-refractivity contribution in [2.45, 2.75) is 25.4 Å². The number of aldehydes is 1. The lowest BCUT2D eigenvalue weighted by molar-refractivity contribution is 0.112. The van der Waals surface area contributed by atoms with Crippen LogP contribution < -0.4 is 4.74 Å². The SMILES string of the molecule is O=Cc1ccnc(-n2nccc2OCc2ccc(C3CC3)cc2)c1. The summed E-state index contributed by atoms with van der Waals surface area (Å²) in [5.74, 6) is 1.91. The van der Waals surface area contributed by atoms with Crippen LogP contribution in [0.15, 0.2) is 54.9 Å². The van der Waals surface area contributed by atoms with Crippen molar-refractivity contribution >= 4 is 6.29 Å². The molecule has 1 fully saturated rings. The zero-order valence-corrected chi connectivity index (χ0v) is 13.1. The number of carbonyl (C=O) groups excluding carboxylic acids is 1. The maximum Gasteiger partial charge on any atom is 0.218 e. The Morgan fingerprint density at radius 3 is 2.71 bits per heavy atom. The largest absolute Gasteiger partial charge is 0.473 e. The Morgan fingerprint density at radius 2 is 1.96 bits per heavy atom. The first-order valence-electron chi connectivity index (χ1n) is 8.01. The lowest BCUT2D eigenvalue weighted by Crippen LogP contribution is -2.05.